The van der Waals surface area contributed by atoms with Crippen molar-refractivity contribution < 1.29 is 14.3 Å². The topological polar surface area (TPSA) is 63.7 Å². The molecule has 1 N–H and O–H groups in total. The number of carbonyl (C=O) groups is 1. The van der Waals surface area contributed by atoms with Crippen molar-refractivity contribution in [1.29, 1.82) is 0 Å². The number of benzene rings is 1. The first-order valence-corrected chi connectivity index (χ1v) is 10.4. The molecule has 1 amide bonds. The monoisotopic (exact) mass is 395 g/mol. The first kappa shape index (κ1) is 19.9. The Bertz CT molecular complexity index is 776. The average molecular weight is 396 g/mol. The highest BCUT2D eigenvalue weighted by Gasteiger charge is 2.42. The molecule has 0 unspecified atom stereocenters. The van der Waals surface area contributed by atoms with Crippen molar-refractivity contribution in [2.75, 3.05) is 26.2 Å². The number of hydrogen-bond donors (Lipinski definition) is 1. The van der Waals surface area contributed by atoms with Crippen molar-refractivity contribution in [1.82, 2.24) is 15.2 Å². The van der Waals surface area contributed by atoms with Crippen LogP contribution in [-0.4, -0.2) is 53.7 Å². The fourth-order valence-electron chi connectivity index (χ4n) is 4.22. The molecule has 2 aliphatic heterocycles. The molecule has 2 saturated heterocycles. The van der Waals surface area contributed by atoms with Gasteiger partial charge >= 0.3 is 0 Å². The van der Waals surface area contributed by atoms with Crippen molar-refractivity contribution in [3.63, 3.8) is 0 Å². The second kappa shape index (κ2) is 9.37. The van der Waals surface area contributed by atoms with Gasteiger partial charge in [-0.3, -0.25) is 14.7 Å². The van der Waals surface area contributed by atoms with Gasteiger partial charge in [0.1, 0.15) is 5.75 Å². The predicted octanol–water partition coefficient (Wildman–Crippen LogP) is 2.79. The Labute approximate surface area is 172 Å². The number of piperidine rings is 1. The number of aromatic nitrogens is 1. The van der Waals surface area contributed by atoms with Gasteiger partial charge in [0.2, 0.25) is 0 Å². The van der Waals surface area contributed by atoms with Gasteiger partial charge in [-0.1, -0.05) is 18.2 Å². The van der Waals surface area contributed by atoms with E-state index in [1.54, 1.807) is 0 Å². The number of nitrogens with zero attached hydrogens (tertiary/aromatic N) is 2. The first-order valence-electron chi connectivity index (χ1n) is 10.4. The average Bonchev–Trinajstić information content (AvgIpc) is 3.17. The first-order chi connectivity index (χ1) is 14.2. The van der Waals surface area contributed by atoms with Gasteiger partial charge in [0.05, 0.1) is 11.7 Å². The van der Waals surface area contributed by atoms with E-state index in [4.69, 9.17) is 9.47 Å². The van der Waals surface area contributed by atoms with Crippen LogP contribution in [0.25, 0.3) is 0 Å². The van der Waals surface area contributed by atoms with Gasteiger partial charge in [-0.25, -0.2) is 0 Å². The zero-order valence-corrected chi connectivity index (χ0v) is 16.8. The van der Waals surface area contributed by atoms with Gasteiger partial charge < -0.3 is 14.8 Å². The van der Waals surface area contributed by atoms with Crippen LogP contribution in [0, 0.1) is 0 Å². The molecule has 1 spiro atoms. The largest absolute Gasteiger partial charge is 0.484 e. The lowest BCUT2D eigenvalue weighted by atomic mass is 9.88. The van der Waals surface area contributed by atoms with Crippen LogP contribution in [-0.2, 0) is 16.1 Å². The molecule has 1 aromatic heterocycles. The minimum Gasteiger partial charge on any atom is -0.484 e. The number of rotatable bonds is 7. The summed E-state index contributed by atoms with van der Waals surface area (Å²) in [5, 5.41) is 2.95. The normalized spacial score (nSPS) is 21.2. The van der Waals surface area contributed by atoms with E-state index in [0.29, 0.717) is 12.3 Å². The molecule has 3 heterocycles. The number of nitrogens with one attached hydrogen (secondary N) is 1. The van der Waals surface area contributed by atoms with Gasteiger partial charge in [-0.05, 0) is 55.5 Å². The minimum atomic E-state index is -0.106. The molecule has 2 aromatic rings. The molecular weight excluding hydrogens is 366 g/mol. The number of hydrogen-bond acceptors (Lipinski definition) is 5. The Balaban J connectivity index is 1.16. The highest BCUT2D eigenvalue weighted by atomic mass is 16.5. The molecule has 0 bridgehead atoms. The summed E-state index contributed by atoms with van der Waals surface area (Å²) in [5.74, 6) is 0.600. The zero-order valence-electron chi connectivity index (χ0n) is 16.8. The predicted molar refractivity (Wildman–Crippen MR) is 111 cm³/mol. The second-order valence-corrected chi connectivity index (χ2v) is 8.00. The number of para-hydroxylation sites is 1. The van der Waals surface area contributed by atoms with E-state index >= 15 is 0 Å². The Kier molecular flexibility index (Phi) is 6.42. The fraction of sp³-hybridized carbons (Fsp3) is 0.478. The van der Waals surface area contributed by atoms with E-state index < -0.39 is 0 Å². The molecule has 6 heteroatoms. The molecular formula is C23H29N3O3. The van der Waals surface area contributed by atoms with Gasteiger partial charge in [0, 0.05) is 38.6 Å². The number of pyridine rings is 1. The van der Waals surface area contributed by atoms with Crippen LogP contribution in [0.3, 0.4) is 0 Å². The SMILES string of the molecule is O=C(COc1ccccc1)NC[C@@H]1CCC2(CCN(Cc3ccncc3)CC2)O1. The molecule has 0 saturated carbocycles. The molecule has 0 aliphatic carbocycles. The summed E-state index contributed by atoms with van der Waals surface area (Å²) in [6, 6.07) is 13.6. The summed E-state index contributed by atoms with van der Waals surface area (Å²) >= 11 is 0. The Morgan fingerprint density at radius 3 is 2.66 bits per heavy atom. The summed E-state index contributed by atoms with van der Waals surface area (Å²) in [6.45, 7) is 3.66. The maximum absolute atomic E-state index is 12.1. The van der Waals surface area contributed by atoms with Gasteiger partial charge in [0.25, 0.3) is 5.91 Å². The summed E-state index contributed by atoms with van der Waals surface area (Å²) in [7, 11) is 0. The molecule has 4 rings (SSSR count). The maximum Gasteiger partial charge on any atom is 0.258 e. The highest BCUT2D eigenvalue weighted by Crippen LogP contribution is 2.38. The van der Waals surface area contributed by atoms with Crippen LogP contribution in [0.5, 0.6) is 5.75 Å². The third kappa shape index (κ3) is 5.55. The van der Waals surface area contributed by atoms with Gasteiger partial charge in [-0.15, -0.1) is 0 Å². The van der Waals surface area contributed by atoms with E-state index in [2.05, 4.69) is 27.3 Å². The molecule has 6 nitrogen and oxygen atoms in total. The number of amides is 1. The number of carbonyl (C=O) groups excluding carboxylic acids is 1. The Hall–Kier alpha value is -2.44. The van der Waals surface area contributed by atoms with Gasteiger partial charge in [-0.2, -0.15) is 0 Å². The van der Waals surface area contributed by atoms with Crippen molar-refractivity contribution in [3.8, 4) is 5.75 Å². The molecule has 0 radical (unpaired) electrons. The maximum atomic E-state index is 12.1. The molecule has 1 atom stereocenters. The minimum absolute atomic E-state index is 0.00925. The molecule has 2 aliphatic rings. The van der Waals surface area contributed by atoms with E-state index in [-0.39, 0.29) is 24.2 Å². The van der Waals surface area contributed by atoms with Crippen molar-refractivity contribution >= 4 is 5.91 Å². The van der Waals surface area contributed by atoms with Crippen LogP contribution in [0.2, 0.25) is 0 Å². The van der Waals surface area contributed by atoms with Crippen LogP contribution in [0.1, 0.15) is 31.2 Å². The highest BCUT2D eigenvalue weighted by molar-refractivity contribution is 5.77. The second-order valence-electron chi connectivity index (χ2n) is 8.00. The van der Waals surface area contributed by atoms with Crippen molar-refractivity contribution in [2.24, 2.45) is 0 Å². The van der Waals surface area contributed by atoms with Crippen molar-refractivity contribution in [2.45, 2.75) is 43.9 Å². The van der Waals surface area contributed by atoms with E-state index in [0.717, 1.165) is 45.3 Å². The lowest BCUT2D eigenvalue weighted by molar-refractivity contribution is -0.124. The number of ether oxygens (including phenoxy) is 2. The van der Waals surface area contributed by atoms with Gasteiger partial charge in [0.15, 0.2) is 6.61 Å². The van der Waals surface area contributed by atoms with E-state index in [1.165, 1.54) is 5.56 Å². The van der Waals surface area contributed by atoms with E-state index in [1.807, 2.05) is 42.7 Å². The van der Waals surface area contributed by atoms with Crippen molar-refractivity contribution in [3.05, 3.63) is 60.4 Å². The summed E-state index contributed by atoms with van der Waals surface area (Å²) in [6.07, 6.45) is 8.00. The molecule has 154 valence electrons. The number of likely N-dealkylation sites (tertiary alicyclic amines) is 1. The van der Waals surface area contributed by atoms with Crippen LogP contribution in [0.15, 0.2) is 54.9 Å². The quantitative estimate of drug-likeness (QED) is 0.781. The standard InChI is InChI=1S/C23H29N3O3/c27-22(18-28-20-4-2-1-3-5-20)25-16-21-6-9-23(29-21)10-14-26(15-11-23)17-19-7-12-24-13-8-19/h1-5,7-8,12-13,21H,6,9-11,14-18H2,(H,25,27)/t21-/m0/s1. The molecule has 1 aromatic carbocycles. The zero-order chi connectivity index (χ0) is 19.9. The summed E-state index contributed by atoms with van der Waals surface area (Å²) in [4.78, 5) is 18.6. The smallest absolute Gasteiger partial charge is 0.258 e. The fourth-order valence-corrected chi connectivity index (χ4v) is 4.22. The summed E-state index contributed by atoms with van der Waals surface area (Å²) in [5.41, 5.74) is 1.30. The van der Waals surface area contributed by atoms with E-state index in [9.17, 15) is 4.79 Å². The molecule has 29 heavy (non-hydrogen) atoms. The van der Waals surface area contributed by atoms with Crippen LogP contribution >= 0.6 is 0 Å². The molecule has 2 fully saturated rings. The Morgan fingerprint density at radius 2 is 1.90 bits per heavy atom. The lowest BCUT2D eigenvalue weighted by Gasteiger charge is -2.39. The Morgan fingerprint density at radius 1 is 1.14 bits per heavy atom. The van der Waals surface area contributed by atoms with Crippen LogP contribution in [0.4, 0.5) is 0 Å². The third-order valence-corrected chi connectivity index (χ3v) is 5.90. The van der Waals surface area contributed by atoms with Crippen LogP contribution < -0.4 is 10.1 Å². The summed E-state index contributed by atoms with van der Waals surface area (Å²) < 4.78 is 11.9. The third-order valence-electron chi connectivity index (χ3n) is 5.90. The lowest BCUT2D eigenvalue weighted by Crippen LogP contribution is -2.45.